The van der Waals surface area contributed by atoms with E-state index in [0.717, 1.165) is 31.4 Å². The van der Waals surface area contributed by atoms with Crippen molar-refractivity contribution in [2.24, 2.45) is 0 Å². The molecule has 0 radical (unpaired) electrons. The number of aliphatic hydroxyl groups excluding tert-OH is 1. The molecule has 1 fully saturated rings. The van der Waals surface area contributed by atoms with Crippen molar-refractivity contribution in [2.45, 2.75) is 31.7 Å². The zero-order chi connectivity index (χ0) is 14.4. The zero-order valence-electron chi connectivity index (χ0n) is 11.5. The molecule has 1 heterocycles. The van der Waals surface area contributed by atoms with Crippen molar-refractivity contribution in [1.82, 2.24) is 4.90 Å². The van der Waals surface area contributed by atoms with Crippen molar-refractivity contribution in [2.75, 3.05) is 13.2 Å². The van der Waals surface area contributed by atoms with E-state index in [4.69, 9.17) is 16.7 Å². The van der Waals surface area contributed by atoms with Gasteiger partial charge in [-0.25, -0.2) is 0 Å². The first-order valence-electron chi connectivity index (χ1n) is 7.06. The topological polar surface area (TPSA) is 40.5 Å². The van der Waals surface area contributed by atoms with Crippen LogP contribution < -0.4 is 0 Å². The highest BCUT2D eigenvalue weighted by molar-refractivity contribution is 6.30. The molecule has 3 nitrogen and oxygen atoms in total. The van der Waals surface area contributed by atoms with Gasteiger partial charge in [-0.2, -0.15) is 0 Å². The molecule has 0 aliphatic carbocycles. The van der Waals surface area contributed by atoms with Crippen LogP contribution in [0.5, 0.6) is 0 Å². The summed E-state index contributed by atoms with van der Waals surface area (Å²) in [5.74, 6) is 0.0260. The van der Waals surface area contributed by atoms with Crippen molar-refractivity contribution < 1.29 is 9.90 Å². The molecule has 4 heteroatoms. The molecule has 1 aromatic rings. The Balaban J connectivity index is 2.00. The molecule has 1 unspecified atom stereocenters. The van der Waals surface area contributed by atoms with Crippen molar-refractivity contribution in [3.63, 3.8) is 0 Å². The minimum absolute atomic E-state index is 0.0260. The summed E-state index contributed by atoms with van der Waals surface area (Å²) < 4.78 is 0. The average molecular weight is 294 g/mol. The van der Waals surface area contributed by atoms with E-state index in [-0.39, 0.29) is 18.6 Å². The molecule has 0 bridgehead atoms. The first kappa shape index (κ1) is 15.1. The third-order valence-electron chi connectivity index (χ3n) is 3.66. The van der Waals surface area contributed by atoms with Gasteiger partial charge in [0.25, 0.3) is 0 Å². The maximum Gasteiger partial charge on any atom is 0.246 e. The zero-order valence-corrected chi connectivity index (χ0v) is 12.2. The Hall–Kier alpha value is -1.32. The Morgan fingerprint density at radius 3 is 2.80 bits per heavy atom. The van der Waals surface area contributed by atoms with E-state index < -0.39 is 0 Å². The van der Waals surface area contributed by atoms with E-state index in [0.29, 0.717) is 11.4 Å². The smallest absolute Gasteiger partial charge is 0.246 e. The minimum Gasteiger partial charge on any atom is -0.396 e. The summed E-state index contributed by atoms with van der Waals surface area (Å²) in [5.41, 5.74) is 0.957. The Morgan fingerprint density at radius 1 is 1.35 bits per heavy atom. The Bertz CT molecular complexity index is 468. The molecule has 1 aliphatic heterocycles. The van der Waals surface area contributed by atoms with Gasteiger partial charge in [0.1, 0.15) is 0 Å². The number of amides is 1. The minimum atomic E-state index is 0.0260. The number of rotatable bonds is 4. The van der Waals surface area contributed by atoms with Crippen molar-refractivity contribution >= 4 is 23.6 Å². The van der Waals surface area contributed by atoms with E-state index in [1.807, 2.05) is 23.1 Å². The fourth-order valence-electron chi connectivity index (χ4n) is 2.58. The molecule has 1 aromatic carbocycles. The number of halogens is 1. The molecule has 0 aromatic heterocycles. The first-order valence-corrected chi connectivity index (χ1v) is 7.43. The van der Waals surface area contributed by atoms with Gasteiger partial charge in [0.2, 0.25) is 5.91 Å². The third kappa shape index (κ3) is 4.09. The summed E-state index contributed by atoms with van der Waals surface area (Å²) in [5, 5.41) is 9.77. The number of aliphatic hydroxyl groups is 1. The first-order chi connectivity index (χ1) is 9.70. The summed E-state index contributed by atoms with van der Waals surface area (Å²) in [6.45, 7) is 0.920. The third-order valence-corrected chi connectivity index (χ3v) is 3.91. The molecular weight excluding hydrogens is 274 g/mol. The maximum absolute atomic E-state index is 12.3. The normalized spacial score (nSPS) is 19.5. The molecule has 20 heavy (non-hydrogen) atoms. The molecule has 108 valence electrons. The van der Waals surface area contributed by atoms with Crippen LogP contribution in [0.3, 0.4) is 0 Å². The van der Waals surface area contributed by atoms with Crippen LogP contribution in [0.15, 0.2) is 30.3 Å². The molecule has 2 rings (SSSR count). The molecule has 0 saturated carbocycles. The molecule has 0 spiro atoms. The van der Waals surface area contributed by atoms with Crippen LogP contribution in [-0.4, -0.2) is 35.1 Å². The van der Waals surface area contributed by atoms with Crippen LogP contribution >= 0.6 is 11.6 Å². The fraction of sp³-hybridized carbons (Fsp3) is 0.438. The predicted octanol–water partition coefficient (Wildman–Crippen LogP) is 3.12. The number of hydrogen-bond acceptors (Lipinski definition) is 2. The number of nitrogens with zero attached hydrogens (tertiary/aromatic N) is 1. The predicted molar refractivity (Wildman–Crippen MR) is 81.5 cm³/mol. The lowest BCUT2D eigenvalue weighted by Crippen LogP contribution is -2.43. The van der Waals surface area contributed by atoms with Crippen LogP contribution in [0, 0.1) is 0 Å². The van der Waals surface area contributed by atoms with E-state index in [2.05, 4.69) is 0 Å². The van der Waals surface area contributed by atoms with Crippen LogP contribution in [0.25, 0.3) is 6.08 Å². The molecule has 1 atom stereocenters. The largest absolute Gasteiger partial charge is 0.396 e. The second-order valence-electron chi connectivity index (χ2n) is 5.08. The summed E-state index contributed by atoms with van der Waals surface area (Å²) in [6.07, 6.45) is 7.25. The van der Waals surface area contributed by atoms with Gasteiger partial charge >= 0.3 is 0 Å². The fourth-order valence-corrected chi connectivity index (χ4v) is 2.70. The number of carbonyl (C=O) groups is 1. The Labute approximate surface area is 124 Å². The lowest BCUT2D eigenvalue weighted by molar-refractivity contribution is -0.129. The van der Waals surface area contributed by atoms with Gasteiger partial charge in [-0.3, -0.25) is 4.79 Å². The van der Waals surface area contributed by atoms with Crippen LogP contribution in [0.2, 0.25) is 5.02 Å². The number of piperidine rings is 1. The highest BCUT2D eigenvalue weighted by atomic mass is 35.5. The lowest BCUT2D eigenvalue weighted by Gasteiger charge is -2.34. The number of hydrogen-bond donors (Lipinski definition) is 1. The van der Waals surface area contributed by atoms with Gasteiger partial charge in [0, 0.05) is 30.3 Å². The number of carbonyl (C=O) groups excluding carboxylic acids is 1. The molecule has 1 saturated heterocycles. The van der Waals surface area contributed by atoms with Crippen molar-refractivity contribution in [1.29, 1.82) is 0 Å². The van der Waals surface area contributed by atoms with Crippen molar-refractivity contribution in [3.8, 4) is 0 Å². The monoisotopic (exact) mass is 293 g/mol. The van der Waals surface area contributed by atoms with Gasteiger partial charge in [-0.1, -0.05) is 23.7 Å². The highest BCUT2D eigenvalue weighted by Crippen LogP contribution is 2.20. The van der Waals surface area contributed by atoms with Gasteiger partial charge in [0.15, 0.2) is 0 Å². The summed E-state index contributed by atoms with van der Waals surface area (Å²) in [6, 6.07) is 7.56. The maximum atomic E-state index is 12.3. The second-order valence-corrected chi connectivity index (χ2v) is 5.51. The van der Waals surface area contributed by atoms with Gasteiger partial charge in [-0.05, 0) is 49.5 Å². The summed E-state index contributed by atoms with van der Waals surface area (Å²) in [7, 11) is 0. The molecule has 1 aliphatic rings. The molecule has 1 N–H and O–H groups in total. The van der Waals surface area contributed by atoms with Crippen molar-refractivity contribution in [3.05, 3.63) is 40.9 Å². The number of likely N-dealkylation sites (tertiary alicyclic amines) is 1. The quantitative estimate of drug-likeness (QED) is 0.867. The van der Waals surface area contributed by atoms with Gasteiger partial charge in [0.05, 0.1) is 0 Å². The summed E-state index contributed by atoms with van der Waals surface area (Å²) in [4.78, 5) is 14.1. The van der Waals surface area contributed by atoms with E-state index in [1.54, 1.807) is 18.2 Å². The van der Waals surface area contributed by atoms with Crippen LogP contribution in [0.1, 0.15) is 31.2 Å². The van der Waals surface area contributed by atoms with Gasteiger partial charge < -0.3 is 10.0 Å². The van der Waals surface area contributed by atoms with Crippen LogP contribution in [-0.2, 0) is 4.79 Å². The number of benzene rings is 1. The second kappa shape index (κ2) is 7.46. The van der Waals surface area contributed by atoms with E-state index in [1.165, 1.54) is 0 Å². The summed E-state index contributed by atoms with van der Waals surface area (Å²) >= 11 is 5.83. The Kier molecular flexibility index (Phi) is 5.62. The SMILES string of the molecule is O=C(/C=C/c1ccc(Cl)cc1)N1CCCCC1CCO. The van der Waals surface area contributed by atoms with Gasteiger partial charge in [-0.15, -0.1) is 0 Å². The standard InChI is InChI=1S/C16H20ClNO2/c17-14-7-4-13(5-8-14)6-9-16(20)18-11-2-1-3-15(18)10-12-19/h4-9,15,19H,1-3,10-12H2/b9-6+. The van der Waals surface area contributed by atoms with E-state index in [9.17, 15) is 4.79 Å². The molecular formula is C16H20ClNO2. The highest BCUT2D eigenvalue weighted by Gasteiger charge is 2.24. The van der Waals surface area contributed by atoms with E-state index >= 15 is 0 Å². The Morgan fingerprint density at radius 2 is 2.10 bits per heavy atom. The van der Waals surface area contributed by atoms with Crippen LogP contribution in [0.4, 0.5) is 0 Å². The average Bonchev–Trinajstić information content (AvgIpc) is 2.47. The molecule has 1 amide bonds. The lowest BCUT2D eigenvalue weighted by atomic mass is 9.99.